The first kappa shape index (κ1) is 20.6. The Kier molecular flexibility index (Phi) is 9.34. The van der Waals surface area contributed by atoms with Crippen molar-refractivity contribution < 1.29 is 25.5 Å². The molecule has 132 valence electrons. The fourth-order valence-corrected chi connectivity index (χ4v) is 4.15. The van der Waals surface area contributed by atoms with Gasteiger partial charge >= 0.3 is 0 Å². The summed E-state index contributed by atoms with van der Waals surface area (Å²) in [7, 11) is 0. The molecule has 0 aliphatic heterocycles. The topological polar surface area (TPSA) is 101 Å². The molecule has 0 amide bonds. The summed E-state index contributed by atoms with van der Waals surface area (Å²) in [6, 6.07) is 1.94. The van der Waals surface area contributed by atoms with Gasteiger partial charge in [-0.15, -0.1) is 0 Å². The van der Waals surface area contributed by atoms with E-state index in [1.54, 1.807) is 0 Å². The Labute approximate surface area is 145 Å². The van der Waals surface area contributed by atoms with Crippen molar-refractivity contribution in [2.75, 3.05) is 24.7 Å². The third kappa shape index (κ3) is 6.52. The maximum atomic E-state index is 10.3. The van der Waals surface area contributed by atoms with E-state index >= 15 is 0 Å². The van der Waals surface area contributed by atoms with Crippen LogP contribution in [0.25, 0.3) is 0 Å². The lowest BCUT2D eigenvalue weighted by atomic mass is 10.00. The zero-order valence-electron chi connectivity index (χ0n) is 13.5. The molecule has 5 nitrogen and oxygen atoms in total. The van der Waals surface area contributed by atoms with Crippen LogP contribution in [0.2, 0.25) is 0 Å². The van der Waals surface area contributed by atoms with Crippen LogP contribution in [0.3, 0.4) is 0 Å². The fraction of sp³-hybridized carbons (Fsp3) is 0.625. The molecule has 2 atom stereocenters. The van der Waals surface area contributed by atoms with Gasteiger partial charge in [0.15, 0.2) is 0 Å². The standard InChI is InChI=1S/C16H26O5S2/c1-10-3-12(6-22-7-13(19)4-17)11(2)15(16(10)21)9-23-8-14(20)5-18/h3,13-14,17-21H,4-9H2,1-2H3. The van der Waals surface area contributed by atoms with E-state index in [9.17, 15) is 15.3 Å². The Morgan fingerprint density at radius 3 is 2.00 bits per heavy atom. The van der Waals surface area contributed by atoms with Crippen molar-refractivity contribution in [2.24, 2.45) is 0 Å². The van der Waals surface area contributed by atoms with Crippen molar-refractivity contribution in [1.29, 1.82) is 0 Å². The van der Waals surface area contributed by atoms with E-state index in [1.807, 2.05) is 19.9 Å². The number of aliphatic hydroxyl groups excluding tert-OH is 4. The fourth-order valence-electron chi connectivity index (χ4n) is 2.08. The third-order valence-electron chi connectivity index (χ3n) is 3.53. The van der Waals surface area contributed by atoms with Crippen LogP contribution in [0.4, 0.5) is 0 Å². The summed E-state index contributed by atoms with van der Waals surface area (Å²) in [5.74, 6) is 2.41. The van der Waals surface area contributed by atoms with Gasteiger partial charge in [0.1, 0.15) is 5.75 Å². The second kappa shape index (κ2) is 10.4. The monoisotopic (exact) mass is 362 g/mol. The average molecular weight is 363 g/mol. The highest BCUT2D eigenvalue weighted by Crippen LogP contribution is 2.33. The van der Waals surface area contributed by atoms with Crippen LogP contribution < -0.4 is 0 Å². The molecule has 0 bridgehead atoms. The first-order valence-electron chi connectivity index (χ1n) is 7.44. The molecule has 0 spiro atoms. The van der Waals surface area contributed by atoms with Crippen molar-refractivity contribution in [3.63, 3.8) is 0 Å². The van der Waals surface area contributed by atoms with Gasteiger partial charge in [-0.25, -0.2) is 0 Å². The van der Waals surface area contributed by atoms with Crippen molar-refractivity contribution >= 4 is 23.5 Å². The first-order valence-corrected chi connectivity index (χ1v) is 9.75. The Morgan fingerprint density at radius 1 is 0.957 bits per heavy atom. The van der Waals surface area contributed by atoms with Crippen molar-refractivity contribution in [3.05, 3.63) is 28.3 Å². The van der Waals surface area contributed by atoms with Gasteiger partial charge in [-0.3, -0.25) is 0 Å². The van der Waals surface area contributed by atoms with Crippen LogP contribution in [0.5, 0.6) is 5.75 Å². The normalized spacial score (nSPS) is 14.0. The van der Waals surface area contributed by atoms with Crippen LogP contribution in [0, 0.1) is 13.8 Å². The molecule has 0 heterocycles. The van der Waals surface area contributed by atoms with Crippen LogP contribution >= 0.6 is 23.5 Å². The summed E-state index contributed by atoms with van der Waals surface area (Å²) in [5, 5.41) is 46.7. The molecule has 0 saturated carbocycles. The van der Waals surface area contributed by atoms with Gasteiger partial charge in [0.2, 0.25) is 0 Å². The number of phenols is 1. The molecular weight excluding hydrogens is 336 g/mol. The molecule has 23 heavy (non-hydrogen) atoms. The second-order valence-electron chi connectivity index (χ2n) is 5.51. The molecule has 1 rings (SSSR count). The number of rotatable bonds is 10. The predicted molar refractivity (Wildman–Crippen MR) is 96.1 cm³/mol. The smallest absolute Gasteiger partial charge is 0.122 e. The van der Waals surface area contributed by atoms with E-state index in [0.717, 1.165) is 22.3 Å². The van der Waals surface area contributed by atoms with Crippen molar-refractivity contribution in [2.45, 2.75) is 37.6 Å². The van der Waals surface area contributed by atoms with E-state index in [-0.39, 0.29) is 19.0 Å². The van der Waals surface area contributed by atoms with Gasteiger partial charge in [-0.2, -0.15) is 23.5 Å². The van der Waals surface area contributed by atoms with E-state index in [2.05, 4.69) is 0 Å². The Hall–Kier alpha value is -0.440. The number of thioether (sulfide) groups is 2. The minimum Gasteiger partial charge on any atom is -0.507 e. The van der Waals surface area contributed by atoms with Gasteiger partial charge in [0.05, 0.1) is 25.4 Å². The Balaban J connectivity index is 2.77. The lowest BCUT2D eigenvalue weighted by Gasteiger charge is -2.16. The quantitative estimate of drug-likeness (QED) is 0.426. The minimum absolute atomic E-state index is 0.240. The van der Waals surface area contributed by atoms with Crippen LogP contribution in [0.1, 0.15) is 22.3 Å². The first-order chi connectivity index (χ1) is 10.9. The highest BCUT2D eigenvalue weighted by Gasteiger charge is 2.14. The van der Waals surface area contributed by atoms with Crippen molar-refractivity contribution in [1.82, 2.24) is 0 Å². The van der Waals surface area contributed by atoms with E-state index in [0.29, 0.717) is 23.0 Å². The molecule has 0 aliphatic carbocycles. The number of aryl methyl sites for hydroxylation is 1. The lowest BCUT2D eigenvalue weighted by Crippen LogP contribution is -2.15. The molecule has 1 aromatic rings. The molecule has 5 N–H and O–H groups in total. The van der Waals surface area contributed by atoms with E-state index in [1.165, 1.54) is 23.5 Å². The number of phenolic OH excluding ortho intramolecular Hbond substituents is 1. The number of hydrogen-bond acceptors (Lipinski definition) is 7. The van der Waals surface area contributed by atoms with Gasteiger partial charge in [0.25, 0.3) is 0 Å². The molecule has 2 unspecified atom stereocenters. The third-order valence-corrected chi connectivity index (χ3v) is 5.78. The van der Waals surface area contributed by atoms with Crippen LogP contribution in [-0.2, 0) is 11.5 Å². The van der Waals surface area contributed by atoms with E-state index < -0.39 is 12.2 Å². The van der Waals surface area contributed by atoms with Crippen molar-refractivity contribution in [3.8, 4) is 5.75 Å². The van der Waals surface area contributed by atoms with Gasteiger partial charge < -0.3 is 25.5 Å². The lowest BCUT2D eigenvalue weighted by molar-refractivity contribution is 0.113. The van der Waals surface area contributed by atoms with Gasteiger partial charge in [0, 0.05) is 28.6 Å². The van der Waals surface area contributed by atoms with Crippen LogP contribution in [0.15, 0.2) is 6.07 Å². The summed E-state index contributed by atoms with van der Waals surface area (Å²) in [6.45, 7) is 3.30. The molecule has 7 heteroatoms. The molecule has 0 aliphatic rings. The highest BCUT2D eigenvalue weighted by molar-refractivity contribution is 7.98. The molecule has 0 saturated heterocycles. The van der Waals surface area contributed by atoms with Gasteiger partial charge in [-0.05, 0) is 30.5 Å². The summed E-state index contributed by atoms with van der Waals surface area (Å²) in [4.78, 5) is 0. The Morgan fingerprint density at radius 2 is 1.48 bits per heavy atom. The summed E-state index contributed by atoms with van der Waals surface area (Å²) < 4.78 is 0. The summed E-state index contributed by atoms with van der Waals surface area (Å²) >= 11 is 3.00. The summed E-state index contributed by atoms with van der Waals surface area (Å²) in [5.41, 5.74) is 3.74. The maximum Gasteiger partial charge on any atom is 0.122 e. The number of aliphatic hydroxyl groups is 4. The average Bonchev–Trinajstić information content (AvgIpc) is 2.54. The molecule has 0 radical (unpaired) electrons. The summed E-state index contributed by atoms with van der Waals surface area (Å²) in [6.07, 6.45) is -1.46. The molecule has 1 aromatic carbocycles. The number of hydrogen-bond donors (Lipinski definition) is 5. The predicted octanol–water partition coefficient (Wildman–Crippen LogP) is 1.18. The highest BCUT2D eigenvalue weighted by atomic mass is 32.2. The Bertz CT molecular complexity index is 496. The van der Waals surface area contributed by atoms with E-state index in [4.69, 9.17) is 10.2 Å². The zero-order chi connectivity index (χ0) is 17.4. The minimum atomic E-state index is -0.748. The van der Waals surface area contributed by atoms with Crippen LogP contribution in [-0.4, -0.2) is 62.5 Å². The number of aromatic hydroxyl groups is 1. The molecule has 0 aromatic heterocycles. The zero-order valence-corrected chi connectivity index (χ0v) is 15.2. The second-order valence-corrected chi connectivity index (χ2v) is 7.57. The number of benzene rings is 1. The molecular formula is C16H26O5S2. The maximum absolute atomic E-state index is 10.3. The largest absolute Gasteiger partial charge is 0.507 e. The SMILES string of the molecule is Cc1cc(CSCC(O)CO)c(C)c(CSCC(O)CO)c1O. The molecule has 0 fully saturated rings. The van der Waals surface area contributed by atoms with Gasteiger partial charge in [-0.1, -0.05) is 6.07 Å².